The molecule has 1 aliphatic heterocycles. The molecule has 2 aromatic heterocycles. The highest BCUT2D eigenvalue weighted by atomic mass is 35.5. The van der Waals surface area contributed by atoms with Gasteiger partial charge in [-0.1, -0.05) is 28.9 Å². The first-order valence-electron chi connectivity index (χ1n) is 9.20. The maximum Gasteiger partial charge on any atom is 0.258 e. The summed E-state index contributed by atoms with van der Waals surface area (Å²) in [6.45, 7) is 0.837. The van der Waals surface area contributed by atoms with Crippen molar-refractivity contribution >= 4 is 28.4 Å². The lowest BCUT2D eigenvalue weighted by molar-refractivity contribution is -0.128. The standard InChI is InChI=1S/C21H16ClFN4O2/c22-16-8-12(4-5-17(16)23)10-27-11-13(9-19(27)28)20-25-21(29-26-20)15-2-1-3-18-14(15)6-7-24-18/h1-8,13,24H,9-11H2. The predicted octanol–water partition coefficient (Wildman–Crippen LogP) is 4.53. The average Bonchev–Trinajstić information content (AvgIpc) is 3.44. The second-order valence-electron chi connectivity index (χ2n) is 7.13. The topological polar surface area (TPSA) is 75.0 Å². The number of hydrogen-bond donors (Lipinski definition) is 1. The Bertz CT molecular complexity index is 1220. The van der Waals surface area contributed by atoms with Gasteiger partial charge in [0.25, 0.3) is 5.89 Å². The summed E-state index contributed by atoms with van der Waals surface area (Å²) in [4.78, 5) is 21.9. The highest BCUT2D eigenvalue weighted by Crippen LogP contribution is 2.31. The molecule has 5 rings (SSSR count). The Hall–Kier alpha value is -3.19. The monoisotopic (exact) mass is 410 g/mol. The molecule has 1 aliphatic rings. The Kier molecular flexibility index (Phi) is 4.32. The molecule has 2 aromatic carbocycles. The number of benzene rings is 2. The lowest BCUT2D eigenvalue weighted by atomic mass is 10.1. The Labute approximate surface area is 170 Å². The van der Waals surface area contributed by atoms with Gasteiger partial charge in [-0.25, -0.2) is 4.39 Å². The first-order valence-corrected chi connectivity index (χ1v) is 9.58. The summed E-state index contributed by atoms with van der Waals surface area (Å²) >= 11 is 5.84. The van der Waals surface area contributed by atoms with Gasteiger partial charge in [0.15, 0.2) is 5.82 Å². The molecule has 8 heteroatoms. The molecule has 0 saturated carbocycles. The van der Waals surface area contributed by atoms with Gasteiger partial charge in [-0.3, -0.25) is 4.79 Å². The van der Waals surface area contributed by atoms with Crippen LogP contribution in [0.25, 0.3) is 22.4 Å². The Morgan fingerprint density at radius 1 is 1.28 bits per heavy atom. The summed E-state index contributed by atoms with van der Waals surface area (Å²) in [5.41, 5.74) is 2.62. The molecular weight excluding hydrogens is 395 g/mol. The third-order valence-electron chi connectivity index (χ3n) is 5.20. The predicted molar refractivity (Wildman–Crippen MR) is 106 cm³/mol. The van der Waals surface area contributed by atoms with Gasteiger partial charge in [-0.2, -0.15) is 4.98 Å². The van der Waals surface area contributed by atoms with Crippen LogP contribution in [0.4, 0.5) is 4.39 Å². The van der Waals surface area contributed by atoms with E-state index in [1.807, 2.05) is 30.5 Å². The third-order valence-corrected chi connectivity index (χ3v) is 5.49. The van der Waals surface area contributed by atoms with Crippen LogP contribution in [0.5, 0.6) is 0 Å². The minimum Gasteiger partial charge on any atom is -0.361 e. The van der Waals surface area contributed by atoms with E-state index in [-0.39, 0.29) is 16.8 Å². The number of nitrogens with zero attached hydrogens (tertiary/aromatic N) is 3. The van der Waals surface area contributed by atoms with Crippen molar-refractivity contribution < 1.29 is 13.7 Å². The molecule has 0 aliphatic carbocycles. The first kappa shape index (κ1) is 17.9. The molecule has 0 bridgehead atoms. The number of fused-ring (bicyclic) bond motifs is 1. The van der Waals surface area contributed by atoms with Crippen LogP contribution in [0.3, 0.4) is 0 Å². The number of nitrogens with one attached hydrogen (secondary N) is 1. The molecule has 0 radical (unpaired) electrons. The largest absolute Gasteiger partial charge is 0.361 e. The average molecular weight is 411 g/mol. The van der Waals surface area contributed by atoms with Crippen molar-refractivity contribution in [2.75, 3.05) is 6.54 Å². The molecule has 1 amide bonds. The van der Waals surface area contributed by atoms with Crippen molar-refractivity contribution in [2.45, 2.75) is 18.9 Å². The zero-order valence-electron chi connectivity index (χ0n) is 15.2. The zero-order chi connectivity index (χ0) is 20.0. The Morgan fingerprint density at radius 2 is 2.17 bits per heavy atom. The van der Waals surface area contributed by atoms with Gasteiger partial charge in [0.1, 0.15) is 5.82 Å². The van der Waals surface area contributed by atoms with Crippen LogP contribution in [0.15, 0.2) is 53.2 Å². The lowest BCUT2D eigenvalue weighted by Crippen LogP contribution is -2.24. The van der Waals surface area contributed by atoms with Crippen LogP contribution in [0, 0.1) is 5.82 Å². The molecule has 1 N–H and O–H groups in total. The molecule has 1 atom stereocenters. The van der Waals surface area contributed by atoms with E-state index >= 15 is 0 Å². The van der Waals surface area contributed by atoms with E-state index in [1.54, 1.807) is 17.0 Å². The molecule has 3 heterocycles. The number of rotatable bonds is 4. The van der Waals surface area contributed by atoms with Crippen LogP contribution < -0.4 is 0 Å². The minimum absolute atomic E-state index is 0.00506. The number of hydrogen-bond acceptors (Lipinski definition) is 4. The molecule has 0 spiro atoms. The van der Waals surface area contributed by atoms with Crippen molar-refractivity contribution in [3.8, 4) is 11.5 Å². The number of carbonyl (C=O) groups excluding carboxylic acids is 1. The normalized spacial score (nSPS) is 16.8. The number of halogens is 2. The molecule has 1 unspecified atom stereocenters. The van der Waals surface area contributed by atoms with Crippen molar-refractivity contribution in [3.63, 3.8) is 0 Å². The number of carbonyl (C=O) groups is 1. The number of aromatic amines is 1. The zero-order valence-corrected chi connectivity index (χ0v) is 16.0. The number of amides is 1. The molecular formula is C21H16ClFN4O2. The minimum atomic E-state index is -0.474. The molecule has 29 heavy (non-hydrogen) atoms. The van der Waals surface area contributed by atoms with E-state index in [1.165, 1.54) is 6.07 Å². The van der Waals surface area contributed by atoms with E-state index in [0.717, 1.165) is 22.0 Å². The van der Waals surface area contributed by atoms with Crippen molar-refractivity contribution in [3.05, 3.63) is 70.9 Å². The van der Waals surface area contributed by atoms with Crippen molar-refractivity contribution in [2.24, 2.45) is 0 Å². The smallest absolute Gasteiger partial charge is 0.258 e. The van der Waals surface area contributed by atoms with E-state index in [9.17, 15) is 9.18 Å². The summed E-state index contributed by atoms with van der Waals surface area (Å²) in [5, 5.41) is 5.17. The first-order chi connectivity index (χ1) is 14.1. The van der Waals surface area contributed by atoms with E-state index < -0.39 is 5.82 Å². The quantitative estimate of drug-likeness (QED) is 0.536. The number of H-pyrrole nitrogens is 1. The van der Waals surface area contributed by atoms with Crippen molar-refractivity contribution in [1.82, 2.24) is 20.0 Å². The summed E-state index contributed by atoms with van der Waals surface area (Å²) < 4.78 is 18.8. The molecule has 1 saturated heterocycles. The fourth-order valence-corrected chi connectivity index (χ4v) is 3.94. The van der Waals surface area contributed by atoms with Gasteiger partial charge < -0.3 is 14.4 Å². The van der Waals surface area contributed by atoms with E-state index in [2.05, 4.69) is 15.1 Å². The number of aromatic nitrogens is 3. The van der Waals surface area contributed by atoms with Gasteiger partial charge in [0.2, 0.25) is 5.91 Å². The fraction of sp³-hybridized carbons (Fsp3) is 0.190. The van der Waals surface area contributed by atoms with Crippen LogP contribution >= 0.6 is 11.6 Å². The second-order valence-corrected chi connectivity index (χ2v) is 7.53. The van der Waals surface area contributed by atoms with Crippen LogP contribution in [-0.4, -0.2) is 32.5 Å². The van der Waals surface area contributed by atoms with Crippen LogP contribution in [-0.2, 0) is 11.3 Å². The van der Waals surface area contributed by atoms with Gasteiger partial charge in [-0.15, -0.1) is 0 Å². The number of likely N-dealkylation sites (tertiary alicyclic amines) is 1. The molecule has 1 fully saturated rings. The van der Waals surface area contributed by atoms with E-state index in [0.29, 0.717) is 31.2 Å². The van der Waals surface area contributed by atoms with Gasteiger partial charge in [-0.05, 0) is 35.9 Å². The highest BCUT2D eigenvalue weighted by molar-refractivity contribution is 6.30. The summed E-state index contributed by atoms with van der Waals surface area (Å²) in [5.74, 6) is 0.315. The summed E-state index contributed by atoms with van der Waals surface area (Å²) in [6, 6.07) is 12.3. The third kappa shape index (κ3) is 3.27. The van der Waals surface area contributed by atoms with Crippen molar-refractivity contribution in [1.29, 1.82) is 0 Å². The lowest BCUT2D eigenvalue weighted by Gasteiger charge is -2.16. The Balaban J connectivity index is 1.35. The highest BCUT2D eigenvalue weighted by Gasteiger charge is 2.34. The summed E-state index contributed by atoms with van der Waals surface area (Å²) in [7, 11) is 0. The maximum atomic E-state index is 13.3. The fourth-order valence-electron chi connectivity index (χ4n) is 3.74. The Morgan fingerprint density at radius 3 is 3.03 bits per heavy atom. The van der Waals surface area contributed by atoms with Crippen LogP contribution in [0.2, 0.25) is 5.02 Å². The van der Waals surface area contributed by atoms with Gasteiger partial charge >= 0.3 is 0 Å². The van der Waals surface area contributed by atoms with Crippen LogP contribution in [0.1, 0.15) is 23.7 Å². The molecule has 4 aromatic rings. The van der Waals surface area contributed by atoms with Gasteiger partial charge in [0.05, 0.1) is 5.02 Å². The second kappa shape index (κ2) is 7.00. The van der Waals surface area contributed by atoms with E-state index in [4.69, 9.17) is 16.1 Å². The molecule has 6 nitrogen and oxygen atoms in total. The SMILES string of the molecule is O=C1CC(c2noc(-c3cccc4[nH]ccc34)n2)CN1Cc1ccc(F)c(Cl)c1. The van der Waals surface area contributed by atoms with Gasteiger partial charge in [0, 0.05) is 48.1 Å². The summed E-state index contributed by atoms with van der Waals surface area (Å²) in [6.07, 6.45) is 2.17. The molecule has 146 valence electrons. The maximum absolute atomic E-state index is 13.3.